The van der Waals surface area contributed by atoms with E-state index in [2.05, 4.69) is 64.9 Å². The maximum atomic E-state index is 12.9. The van der Waals surface area contributed by atoms with Crippen molar-refractivity contribution in [1.82, 2.24) is 9.58 Å². The standard InChI is InChI=1S/C27H25N5OS2/c1-4-20-12-8-9-13-23(20)31-17(2)14-21(18(31)3)15-22-24(28)32-26(29-25(22)33)35-27(30-32)34-16-19-10-6-5-7-11-19/h5-15,28H,4,16H2,1-3H3. The lowest BCUT2D eigenvalue weighted by molar-refractivity contribution is -0.114. The second-order valence-corrected chi connectivity index (χ2v) is 10.5. The van der Waals surface area contributed by atoms with Crippen LogP contribution in [-0.4, -0.2) is 30.9 Å². The highest BCUT2D eigenvalue weighted by molar-refractivity contribution is 8.45. The van der Waals surface area contributed by atoms with Gasteiger partial charge in [0.1, 0.15) is 0 Å². The summed E-state index contributed by atoms with van der Waals surface area (Å²) in [5.41, 5.74) is 6.83. The Kier molecular flexibility index (Phi) is 6.49. The van der Waals surface area contributed by atoms with E-state index < -0.39 is 5.91 Å². The Labute approximate surface area is 213 Å². The quantitative estimate of drug-likeness (QED) is 0.426. The number of carbonyl (C=O) groups excluding carboxylic acids is 1. The highest BCUT2D eigenvalue weighted by atomic mass is 32.2. The summed E-state index contributed by atoms with van der Waals surface area (Å²) in [7, 11) is 0. The molecule has 0 unspecified atom stereocenters. The number of amides is 1. The number of hydrazone groups is 1. The lowest BCUT2D eigenvalue weighted by atomic mass is 10.1. The molecule has 176 valence electrons. The van der Waals surface area contributed by atoms with Crippen molar-refractivity contribution < 1.29 is 4.79 Å². The summed E-state index contributed by atoms with van der Waals surface area (Å²) in [6, 6.07) is 20.6. The fourth-order valence-electron chi connectivity index (χ4n) is 4.24. The molecule has 5 rings (SSSR count). The third-order valence-electron chi connectivity index (χ3n) is 6.02. The zero-order valence-electron chi connectivity index (χ0n) is 19.8. The minimum absolute atomic E-state index is 0.0570. The number of thioether (sulfide) groups is 2. The Bertz CT molecular complexity index is 1420. The van der Waals surface area contributed by atoms with Crippen molar-refractivity contribution in [3.8, 4) is 5.69 Å². The number of nitrogens with one attached hydrogen (secondary N) is 1. The second kappa shape index (κ2) is 9.71. The summed E-state index contributed by atoms with van der Waals surface area (Å²) in [6.45, 7) is 6.25. The fraction of sp³-hybridized carbons (Fsp3) is 0.185. The number of hydrogen-bond acceptors (Lipinski definition) is 5. The number of benzene rings is 2. The van der Waals surface area contributed by atoms with Gasteiger partial charge in [-0.2, -0.15) is 10.0 Å². The van der Waals surface area contributed by atoms with Crippen LogP contribution in [0.25, 0.3) is 11.8 Å². The van der Waals surface area contributed by atoms with E-state index in [1.54, 1.807) is 17.8 Å². The fourth-order valence-corrected chi connectivity index (χ4v) is 6.12. The molecule has 6 nitrogen and oxygen atoms in total. The lowest BCUT2D eigenvalue weighted by Gasteiger charge is -2.20. The number of nitrogens with zero attached hydrogens (tertiary/aromatic N) is 4. The molecule has 1 N–H and O–H groups in total. The summed E-state index contributed by atoms with van der Waals surface area (Å²) < 4.78 is 2.99. The first-order valence-electron chi connectivity index (χ1n) is 11.4. The van der Waals surface area contributed by atoms with Crippen LogP contribution in [0, 0.1) is 19.3 Å². The zero-order chi connectivity index (χ0) is 24.5. The number of hydrogen-bond donors (Lipinski definition) is 1. The molecule has 1 amide bonds. The third kappa shape index (κ3) is 4.51. The van der Waals surface area contributed by atoms with Gasteiger partial charge < -0.3 is 4.57 Å². The molecule has 0 radical (unpaired) electrons. The van der Waals surface area contributed by atoms with Gasteiger partial charge in [0.25, 0.3) is 5.91 Å². The van der Waals surface area contributed by atoms with E-state index in [-0.39, 0.29) is 11.4 Å². The first-order chi connectivity index (χ1) is 17.0. The van der Waals surface area contributed by atoms with Crippen LogP contribution in [0.3, 0.4) is 0 Å². The number of aromatic nitrogens is 1. The van der Waals surface area contributed by atoms with Gasteiger partial charge in [0.05, 0.1) is 5.57 Å². The topological polar surface area (TPSA) is 73.8 Å². The number of amidine groups is 2. The number of fused-ring (bicyclic) bond motifs is 1. The number of rotatable bonds is 5. The lowest BCUT2D eigenvalue weighted by Crippen LogP contribution is -2.35. The summed E-state index contributed by atoms with van der Waals surface area (Å²) in [6.07, 6.45) is 2.70. The Morgan fingerprint density at radius 1 is 1.09 bits per heavy atom. The molecule has 0 fully saturated rings. The molecule has 0 saturated heterocycles. The summed E-state index contributed by atoms with van der Waals surface area (Å²) >= 11 is 2.92. The minimum Gasteiger partial charge on any atom is -0.318 e. The van der Waals surface area contributed by atoms with Crippen LogP contribution in [0.15, 0.2) is 76.3 Å². The molecule has 0 atom stereocenters. The van der Waals surface area contributed by atoms with Crippen molar-refractivity contribution >= 4 is 50.9 Å². The van der Waals surface area contributed by atoms with E-state index >= 15 is 0 Å². The van der Waals surface area contributed by atoms with Crippen molar-refractivity contribution in [1.29, 1.82) is 5.41 Å². The number of aryl methyl sites for hydroxylation is 2. The first-order valence-corrected chi connectivity index (χ1v) is 13.2. The van der Waals surface area contributed by atoms with Gasteiger partial charge in [-0.1, -0.05) is 67.2 Å². The summed E-state index contributed by atoms with van der Waals surface area (Å²) in [5.74, 6) is 0.418. The van der Waals surface area contributed by atoms with Crippen LogP contribution in [0.4, 0.5) is 0 Å². The number of carbonyl (C=O) groups is 1. The molecule has 3 heterocycles. The van der Waals surface area contributed by atoms with Crippen molar-refractivity contribution in [3.05, 3.63) is 94.3 Å². The predicted octanol–water partition coefficient (Wildman–Crippen LogP) is 6.17. The molecule has 1 aromatic heterocycles. The SMILES string of the molecule is CCc1ccccc1-n1c(C)cc(C=C2C(=N)N3N=C(SCc4ccccc4)SC3=NC2=O)c1C. The number of para-hydroxylation sites is 1. The van der Waals surface area contributed by atoms with Crippen molar-refractivity contribution in [2.45, 2.75) is 32.9 Å². The van der Waals surface area contributed by atoms with E-state index in [4.69, 9.17) is 5.41 Å². The molecular weight excluding hydrogens is 474 g/mol. The molecule has 35 heavy (non-hydrogen) atoms. The molecule has 3 aromatic rings. The Morgan fingerprint density at radius 2 is 1.83 bits per heavy atom. The van der Waals surface area contributed by atoms with Gasteiger partial charge in [0.2, 0.25) is 5.17 Å². The summed E-state index contributed by atoms with van der Waals surface area (Å²) in [4.78, 5) is 17.2. The first kappa shape index (κ1) is 23.4. The van der Waals surface area contributed by atoms with Crippen LogP contribution < -0.4 is 0 Å². The Morgan fingerprint density at radius 3 is 2.60 bits per heavy atom. The molecule has 2 aliphatic rings. The molecule has 2 aromatic carbocycles. The van der Waals surface area contributed by atoms with E-state index in [0.29, 0.717) is 5.17 Å². The molecule has 0 bridgehead atoms. The van der Waals surface area contributed by atoms with Crippen LogP contribution >= 0.6 is 23.5 Å². The second-order valence-electron chi connectivity index (χ2n) is 8.30. The van der Waals surface area contributed by atoms with E-state index in [0.717, 1.165) is 39.2 Å². The molecular formula is C27H25N5OS2. The monoisotopic (exact) mass is 499 g/mol. The maximum Gasteiger partial charge on any atom is 0.283 e. The van der Waals surface area contributed by atoms with Crippen LogP contribution in [0.5, 0.6) is 0 Å². The molecule has 0 spiro atoms. The molecule has 0 saturated carbocycles. The normalized spacial score (nSPS) is 16.5. The Hall–Kier alpha value is -3.36. The average Bonchev–Trinajstić information content (AvgIpc) is 3.40. The summed E-state index contributed by atoms with van der Waals surface area (Å²) in [5, 5.41) is 15.2. The van der Waals surface area contributed by atoms with Crippen LogP contribution in [0.2, 0.25) is 0 Å². The molecule has 0 aliphatic carbocycles. The van der Waals surface area contributed by atoms with Gasteiger partial charge >= 0.3 is 0 Å². The third-order valence-corrected chi connectivity index (χ3v) is 8.14. The van der Waals surface area contributed by atoms with Gasteiger partial charge in [0, 0.05) is 22.8 Å². The minimum atomic E-state index is -0.406. The molecule has 8 heteroatoms. The number of aliphatic imine (C=N–C) groups is 1. The van der Waals surface area contributed by atoms with Gasteiger partial charge in [-0.15, -0.1) is 5.10 Å². The van der Waals surface area contributed by atoms with Gasteiger partial charge in [-0.3, -0.25) is 10.2 Å². The van der Waals surface area contributed by atoms with Crippen molar-refractivity contribution in [2.75, 3.05) is 0 Å². The zero-order valence-corrected chi connectivity index (χ0v) is 21.4. The van der Waals surface area contributed by atoms with Gasteiger partial charge in [-0.05, 0) is 66.9 Å². The van der Waals surface area contributed by atoms with Crippen molar-refractivity contribution in [3.63, 3.8) is 0 Å². The van der Waals surface area contributed by atoms with E-state index in [1.807, 2.05) is 31.2 Å². The highest BCUT2D eigenvalue weighted by Crippen LogP contribution is 2.34. The van der Waals surface area contributed by atoms with Gasteiger partial charge in [0.15, 0.2) is 10.2 Å². The van der Waals surface area contributed by atoms with E-state index in [9.17, 15) is 4.79 Å². The smallest absolute Gasteiger partial charge is 0.283 e. The highest BCUT2D eigenvalue weighted by Gasteiger charge is 2.36. The maximum absolute atomic E-state index is 12.9. The van der Waals surface area contributed by atoms with Crippen LogP contribution in [-0.2, 0) is 17.0 Å². The van der Waals surface area contributed by atoms with E-state index in [1.165, 1.54) is 27.9 Å². The Balaban J connectivity index is 1.42. The van der Waals surface area contributed by atoms with Gasteiger partial charge in [-0.25, -0.2) is 0 Å². The largest absolute Gasteiger partial charge is 0.318 e. The average molecular weight is 500 g/mol. The van der Waals surface area contributed by atoms with Crippen molar-refractivity contribution in [2.24, 2.45) is 10.1 Å². The predicted molar refractivity (Wildman–Crippen MR) is 147 cm³/mol. The molecule has 2 aliphatic heterocycles. The van der Waals surface area contributed by atoms with Crippen LogP contribution in [0.1, 0.15) is 35.0 Å².